The van der Waals surface area contributed by atoms with Crippen LogP contribution in [-0.4, -0.2) is 25.2 Å². The number of amides is 1. The van der Waals surface area contributed by atoms with E-state index in [-0.39, 0.29) is 11.9 Å². The van der Waals surface area contributed by atoms with Gasteiger partial charge in [-0.3, -0.25) is 4.79 Å². The molecule has 0 spiro atoms. The van der Waals surface area contributed by atoms with Gasteiger partial charge in [0.1, 0.15) is 0 Å². The second-order valence-corrected chi connectivity index (χ2v) is 5.00. The van der Waals surface area contributed by atoms with Gasteiger partial charge >= 0.3 is 0 Å². The summed E-state index contributed by atoms with van der Waals surface area (Å²) in [6.07, 6.45) is 1.05. The van der Waals surface area contributed by atoms with E-state index in [1.54, 1.807) is 0 Å². The van der Waals surface area contributed by atoms with Gasteiger partial charge in [0, 0.05) is 18.2 Å². The molecular formula is C15H23NO2. The molecule has 0 aliphatic carbocycles. The van der Waals surface area contributed by atoms with Crippen molar-refractivity contribution in [2.24, 2.45) is 5.92 Å². The summed E-state index contributed by atoms with van der Waals surface area (Å²) in [5.74, 6) is 0.606. The van der Waals surface area contributed by atoms with Crippen molar-refractivity contribution in [1.29, 1.82) is 0 Å². The minimum Gasteiger partial charge on any atom is -0.379 e. The first-order valence-corrected chi connectivity index (χ1v) is 6.53. The van der Waals surface area contributed by atoms with Crippen LogP contribution in [-0.2, 0) is 4.74 Å². The van der Waals surface area contributed by atoms with Crippen molar-refractivity contribution in [3.05, 3.63) is 35.9 Å². The highest BCUT2D eigenvalue weighted by atomic mass is 16.5. The Labute approximate surface area is 110 Å². The van der Waals surface area contributed by atoms with Crippen molar-refractivity contribution >= 4 is 5.91 Å². The Balaban J connectivity index is 2.24. The third kappa shape index (κ3) is 5.82. The summed E-state index contributed by atoms with van der Waals surface area (Å²) >= 11 is 0. The van der Waals surface area contributed by atoms with E-state index >= 15 is 0 Å². The molecule has 0 aromatic heterocycles. The van der Waals surface area contributed by atoms with Crippen molar-refractivity contribution in [3.63, 3.8) is 0 Å². The van der Waals surface area contributed by atoms with Crippen molar-refractivity contribution in [2.75, 3.05) is 13.2 Å². The predicted octanol–water partition coefficient (Wildman–Crippen LogP) is 2.87. The van der Waals surface area contributed by atoms with Gasteiger partial charge in [0.2, 0.25) is 0 Å². The smallest absolute Gasteiger partial charge is 0.251 e. The van der Waals surface area contributed by atoms with Gasteiger partial charge in [0.15, 0.2) is 0 Å². The number of carbonyl (C=O) groups is 1. The molecule has 1 aromatic rings. The molecule has 0 aliphatic rings. The first kappa shape index (κ1) is 14.7. The van der Waals surface area contributed by atoms with E-state index in [0.29, 0.717) is 18.1 Å². The Kier molecular flexibility index (Phi) is 6.44. The fraction of sp³-hybridized carbons (Fsp3) is 0.533. The second-order valence-electron chi connectivity index (χ2n) is 5.00. The average Bonchev–Trinajstić information content (AvgIpc) is 2.35. The molecule has 0 fully saturated rings. The van der Waals surface area contributed by atoms with Gasteiger partial charge in [-0.15, -0.1) is 0 Å². The Morgan fingerprint density at radius 2 is 1.89 bits per heavy atom. The molecule has 3 heteroatoms. The molecule has 0 heterocycles. The van der Waals surface area contributed by atoms with Gasteiger partial charge in [0.25, 0.3) is 5.91 Å². The fourth-order valence-corrected chi connectivity index (χ4v) is 1.52. The third-order valence-corrected chi connectivity index (χ3v) is 2.62. The van der Waals surface area contributed by atoms with Crippen LogP contribution < -0.4 is 5.32 Å². The van der Waals surface area contributed by atoms with E-state index in [9.17, 15) is 4.79 Å². The number of ether oxygens (including phenoxy) is 1. The number of rotatable bonds is 7. The van der Waals surface area contributed by atoms with Gasteiger partial charge in [0.05, 0.1) is 6.61 Å². The molecule has 1 rings (SSSR count). The summed E-state index contributed by atoms with van der Waals surface area (Å²) in [7, 11) is 0. The number of benzene rings is 1. The highest BCUT2D eigenvalue weighted by molar-refractivity contribution is 5.94. The van der Waals surface area contributed by atoms with Gasteiger partial charge in [-0.1, -0.05) is 32.0 Å². The predicted molar refractivity (Wildman–Crippen MR) is 73.6 cm³/mol. The molecule has 0 saturated carbocycles. The van der Waals surface area contributed by atoms with E-state index in [2.05, 4.69) is 19.2 Å². The highest BCUT2D eigenvalue weighted by Gasteiger charge is 2.09. The lowest BCUT2D eigenvalue weighted by Crippen LogP contribution is -2.36. The van der Waals surface area contributed by atoms with E-state index in [1.165, 1.54) is 0 Å². The molecule has 100 valence electrons. The second kappa shape index (κ2) is 7.88. The van der Waals surface area contributed by atoms with Gasteiger partial charge in [-0.25, -0.2) is 0 Å². The first-order valence-electron chi connectivity index (χ1n) is 6.53. The zero-order chi connectivity index (χ0) is 13.4. The van der Waals surface area contributed by atoms with Crippen LogP contribution in [0, 0.1) is 5.92 Å². The van der Waals surface area contributed by atoms with Crippen LogP contribution >= 0.6 is 0 Å². The normalized spacial score (nSPS) is 12.4. The summed E-state index contributed by atoms with van der Waals surface area (Å²) < 4.78 is 5.53. The number of carbonyl (C=O) groups excluding carboxylic acids is 1. The number of hydrogen-bond donors (Lipinski definition) is 1. The lowest BCUT2D eigenvalue weighted by atomic mass is 10.1. The SMILES string of the molecule is CC(C)CCOC[C@@H](C)NC(=O)c1ccccc1. The zero-order valence-corrected chi connectivity index (χ0v) is 11.5. The number of hydrogen-bond acceptors (Lipinski definition) is 2. The molecule has 0 saturated heterocycles. The molecule has 1 amide bonds. The summed E-state index contributed by atoms with van der Waals surface area (Å²) in [6.45, 7) is 7.61. The fourth-order valence-electron chi connectivity index (χ4n) is 1.52. The van der Waals surface area contributed by atoms with Crippen molar-refractivity contribution < 1.29 is 9.53 Å². The summed E-state index contributed by atoms with van der Waals surface area (Å²) in [5.41, 5.74) is 0.687. The molecule has 1 atom stereocenters. The molecule has 18 heavy (non-hydrogen) atoms. The molecular weight excluding hydrogens is 226 g/mol. The Morgan fingerprint density at radius 3 is 2.50 bits per heavy atom. The Morgan fingerprint density at radius 1 is 1.22 bits per heavy atom. The minimum absolute atomic E-state index is 0.0323. The molecule has 1 aromatic carbocycles. The molecule has 3 nitrogen and oxygen atoms in total. The maximum absolute atomic E-state index is 11.8. The average molecular weight is 249 g/mol. The summed E-state index contributed by atoms with van der Waals surface area (Å²) in [4.78, 5) is 11.8. The van der Waals surface area contributed by atoms with E-state index < -0.39 is 0 Å². The summed E-state index contributed by atoms with van der Waals surface area (Å²) in [6, 6.07) is 9.26. The van der Waals surface area contributed by atoms with Gasteiger partial charge < -0.3 is 10.1 Å². The molecule has 0 unspecified atom stereocenters. The van der Waals surface area contributed by atoms with Crippen LogP contribution in [0.5, 0.6) is 0 Å². The topological polar surface area (TPSA) is 38.3 Å². The van der Waals surface area contributed by atoms with E-state index in [4.69, 9.17) is 4.74 Å². The monoisotopic (exact) mass is 249 g/mol. The van der Waals surface area contributed by atoms with Crippen LogP contribution in [0.15, 0.2) is 30.3 Å². The van der Waals surface area contributed by atoms with Crippen LogP contribution in [0.1, 0.15) is 37.6 Å². The standard InChI is InChI=1S/C15H23NO2/c1-12(2)9-10-18-11-13(3)16-15(17)14-7-5-4-6-8-14/h4-8,12-13H,9-11H2,1-3H3,(H,16,17)/t13-/m1/s1. The third-order valence-electron chi connectivity index (χ3n) is 2.62. The number of nitrogens with one attached hydrogen (secondary N) is 1. The lowest BCUT2D eigenvalue weighted by Gasteiger charge is -2.14. The highest BCUT2D eigenvalue weighted by Crippen LogP contribution is 2.01. The molecule has 1 N–H and O–H groups in total. The van der Waals surface area contributed by atoms with Gasteiger partial charge in [-0.05, 0) is 31.4 Å². The minimum atomic E-state index is -0.0458. The quantitative estimate of drug-likeness (QED) is 0.755. The lowest BCUT2D eigenvalue weighted by molar-refractivity contribution is 0.0833. The van der Waals surface area contributed by atoms with E-state index in [0.717, 1.165) is 13.0 Å². The molecule has 0 bridgehead atoms. The maximum Gasteiger partial charge on any atom is 0.251 e. The zero-order valence-electron chi connectivity index (χ0n) is 11.5. The van der Waals surface area contributed by atoms with Crippen LogP contribution in [0.3, 0.4) is 0 Å². The van der Waals surface area contributed by atoms with Crippen molar-refractivity contribution in [1.82, 2.24) is 5.32 Å². The van der Waals surface area contributed by atoms with Crippen LogP contribution in [0.25, 0.3) is 0 Å². The van der Waals surface area contributed by atoms with Crippen molar-refractivity contribution in [2.45, 2.75) is 33.2 Å². The maximum atomic E-state index is 11.8. The Hall–Kier alpha value is -1.35. The van der Waals surface area contributed by atoms with Crippen molar-refractivity contribution in [3.8, 4) is 0 Å². The Bertz CT molecular complexity index is 349. The summed E-state index contributed by atoms with van der Waals surface area (Å²) in [5, 5.41) is 2.92. The molecule has 0 aliphatic heterocycles. The van der Waals surface area contributed by atoms with E-state index in [1.807, 2.05) is 37.3 Å². The van der Waals surface area contributed by atoms with Gasteiger partial charge in [-0.2, -0.15) is 0 Å². The van der Waals surface area contributed by atoms with Crippen LogP contribution in [0.2, 0.25) is 0 Å². The largest absolute Gasteiger partial charge is 0.379 e. The first-order chi connectivity index (χ1) is 8.59. The van der Waals surface area contributed by atoms with Crippen LogP contribution in [0.4, 0.5) is 0 Å². The molecule has 0 radical (unpaired) electrons.